The quantitative estimate of drug-likeness (QED) is 0.781. The molecule has 21 heavy (non-hydrogen) atoms. The molecule has 5 nitrogen and oxygen atoms in total. The Kier molecular flexibility index (Phi) is 5.42. The van der Waals surface area contributed by atoms with E-state index in [1.165, 1.54) is 0 Å². The maximum atomic E-state index is 11.9. The monoisotopic (exact) mass is 292 g/mol. The summed E-state index contributed by atoms with van der Waals surface area (Å²) in [6.45, 7) is 7.79. The molecular formula is C16H24N2O3. The average molecular weight is 292 g/mol. The zero-order chi connectivity index (χ0) is 15.2. The summed E-state index contributed by atoms with van der Waals surface area (Å²) in [5.74, 6) is 1.41. The van der Waals surface area contributed by atoms with Gasteiger partial charge in [0, 0.05) is 19.3 Å². The Hall–Kier alpha value is -1.78. The molecule has 0 N–H and O–H groups in total. The van der Waals surface area contributed by atoms with Gasteiger partial charge >= 0.3 is 5.97 Å². The molecule has 0 radical (unpaired) electrons. The van der Waals surface area contributed by atoms with E-state index in [0.717, 1.165) is 31.0 Å². The lowest BCUT2D eigenvalue weighted by atomic mass is 9.98. The second-order valence-corrected chi connectivity index (χ2v) is 5.53. The molecule has 1 aromatic rings. The Morgan fingerprint density at radius 3 is 3.05 bits per heavy atom. The third-order valence-electron chi connectivity index (χ3n) is 3.45. The number of carbonyl (C=O) groups excluding carboxylic acids is 1. The van der Waals surface area contributed by atoms with Crippen LogP contribution >= 0.6 is 0 Å². The first-order valence-corrected chi connectivity index (χ1v) is 7.65. The van der Waals surface area contributed by atoms with Crippen LogP contribution in [0.25, 0.3) is 0 Å². The fourth-order valence-corrected chi connectivity index (χ4v) is 2.59. The van der Waals surface area contributed by atoms with Crippen molar-refractivity contribution in [1.82, 2.24) is 4.98 Å². The summed E-state index contributed by atoms with van der Waals surface area (Å²) in [6, 6.07) is 3.80. The van der Waals surface area contributed by atoms with Gasteiger partial charge in [-0.05, 0) is 45.7 Å². The molecule has 0 aromatic carbocycles. The van der Waals surface area contributed by atoms with Gasteiger partial charge in [-0.15, -0.1) is 0 Å². The van der Waals surface area contributed by atoms with Gasteiger partial charge in [0.1, 0.15) is 0 Å². The topological polar surface area (TPSA) is 51.7 Å². The van der Waals surface area contributed by atoms with Crippen LogP contribution in [0.4, 0.5) is 5.82 Å². The van der Waals surface area contributed by atoms with Crippen LogP contribution in [0.5, 0.6) is 5.75 Å². The Balaban J connectivity index is 2.12. The second-order valence-electron chi connectivity index (χ2n) is 5.53. The molecule has 116 valence electrons. The van der Waals surface area contributed by atoms with Crippen LogP contribution in [0.3, 0.4) is 0 Å². The zero-order valence-corrected chi connectivity index (χ0v) is 13.0. The molecular weight excluding hydrogens is 268 g/mol. The fraction of sp³-hybridized carbons (Fsp3) is 0.625. The number of piperidine rings is 1. The predicted molar refractivity (Wildman–Crippen MR) is 81.6 cm³/mol. The summed E-state index contributed by atoms with van der Waals surface area (Å²) in [5, 5.41) is 0. The summed E-state index contributed by atoms with van der Waals surface area (Å²) >= 11 is 0. The number of hydrogen-bond donors (Lipinski definition) is 0. The first-order chi connectivity index (χ1) is 10.1. The van der Waals surface area contributed by atoms with Crippen molar-refractivity contribution in [3.8, 4) is 5.75 Å². The highest BCUT2D eigenvalue weighted by atomic mass is 16.5. The van der Waals surface area contributed by atoms with Gasteiger partial charge in [0.25, 0.3) is 0 Å². The standard InChI is InChI=1S/C16H24N2O3/c1-4-20-16(19)13-7-6-10-18(11-13)15-14(21-12(2)3)8-5-9-17-15/h5,8-9,12-13H,4,6-7,10-11H2,1-3H3. The largest absolute Gasteiger partial charge is 0.487 e. The number of anilines is 1. The minimum atomic E-state index is -0.107. The number of esters is 1. The highest BCUT2D eigenvalue weighted by molar-refractivity contribution is 5.73. The first-order valence-electron chi connectivity index (χ1n) is 7.65. The molecule has 1 fully saturated rings. The minimum absolute atomic E-state index is 0.0763. The van der Waals surface area contributed by atoms with Crippen LogP contribution in [0, 0.1) is 5.92 Å². The van der Waals surface area contributed by atoms with E-state index in [1.807, 2.05) is 32.9 Å². The van der Waals surface area contributed by atoms with Crippen LogP contribution in [0.1, 0.15) is 33.6 Å². The van der Waals surface area contributed by atoms with Gasteiger partial charge in [0.15, 0.2) is 11.6 Å². The summed E-state index contributed by atoms with van der Waals surface area (Å²) in [7, 11) is 0. The Bertz CT molecular complexity index is 476. The smallest absolute Gasteiger partial charge is 0.310 e. The summed E-state index contributed by atoms with van der Waals surface area (Å²) in [6.07, 6.45) is 3.69. The molecule has 1 aliphatic rings. The molecule has 1 saturated heterocycles. The maximum absolute atomic E-state index is 11.9. The average Bonchev–Trinajstić information content (AvgIpc) is 2.47. The van der Waals surface area contributed by atoms with Gasteiger partial charge in [0.2, 0.25) is 0 Å². The van der Waals surface area contributed by atoms with E-state index in [4.69, 9.17) is 9.47 Å². The number of nitrogens with zero attached hydrogens (tertiary/aromatic N) is 2. The van der Waals surface area contributed by atoms with Gasteiger partial charge in [0.05, 0.1) is 18.6 Å². The van der Waals surface area contributed by atoms with Crippen LogP contribution < -0.4 is 9.64 Å². The molecule has 0 saturated carbocycles. The molecule has 1 atom stereocenters. The van der Waals surface area contributed by atoms with Crippen LogP contribution in [0.2, 0.25) is 0 Å². The number of rotatable bonds is 5. The summed E-state index contributed by atoms with van der Waals surface area (Å²) in [5.41, 5.74) is 0. The lowest BCUT2D eigenvalue weighted by Crippen LogP contribution is -2.40. The molecule has 1 aliphatic heterocycles. The Morgan fingerprint density at radius 1 is 1.52 bits per heavy atom. The maximum Gasteiger partial charge on any atom is 0.310 e. The van der Waals surface area contributed by atoms with E-state index in [9.17, 15) is 4.79 Å². The summed E-state index contributed by atoms with van der Waals surface area (Å²) < 4.78 is 11.0. The highest BCUT2D eigenvalue weighted by Crippen LogP contribution is 2.30. The van der Waals surface area contributed by atoms with Crippen molar-refractivity contribution in [2.75, 3.05) is 24.6 Å². The number of aromatic nitrogens is 1. The van der Waals surface area contributed by atoms with E-state index in [1.54, 1.807) is 6.20 Å². The van der Waals surface area contributed by atoms with Crippen molar-refractivity contribution in [2.45, 2.75) is 39.7 Å². The molecule has 0 amide bonds. The third kappa shape index (κ3) is 4.09. The first kappa shape index (κ1) is 15.6. The number of ether oxygens (including phenoxy) is 2. The minimum Gasteiger partial charge on any atom is -0.487 e. The Labute approximate surface area is 126 Å². The lowest BCUT2D eigenvalue weighted by molar-refractivity contribution is -0.148. The van der Waals surface area contributed by atoms with Crippen molar-refractivity contribution >= 4 is 11.8 Å². The SMILES string of the molecule is CCOC(=O)C1CCCN(c2ncccc2OC(C)C)C1. The number of pyridine rings is 1. The molecule has 0 aliphatic carbocycles. The van der Waals surface area contributed by atoms with E-state index in [0.29, 0.717) is 13.2 Å². The molecule has 5 heteroatoms. The molecule has 0 spiro atoms. The second kappa shape index (κ2) is 7.29. The van der Waals surface area contributed by atoms with Crippen LogP contribution in [0.15, 0.2) is 18.3 Å². The fourth-order valence-electron chi connectivity index (χ4n) is 2.59. The Morgan fingerprint density at radius 2 is 2.33 bits per heavy atom. The number of carbonyl (C=O) groups is 1. The van der Waals surface area contributed by atoms with Gasteiger partial charge < -0.3 is 14.4 Å². The van der Waals surface area contributed by atoms with Crippen LogP contribution in [-0.2, 0) is 9.53 Å². The lowest BCUT2D eigenvalue weighted by Gasteiger charge is -2.33. The summed E-state index contributed by atoms with van der Waals surface area (Å²) in [4.78, 5) is 18.5. The van der Waals surface area contributed by atoms with Crippen molar-refractivity contribution in [2.24, 2.45) is 5.92 Å². The highest BCUT2D eigenvalue weighted by Gasteiger charge is 2.28. The predicted octanol–water partition coefficient (Wildman–Crippen LogP) is 2.65. The molecule has 0 bridgehead atoms. The van der Waals surface area contributed by atoms with Crippen molar-refractivity contribution in [3.63, 3.8) is 0 Å². The molecule has 2 rings (SSSR count). The van der Waals surface area contributed by atoms with E-state index in [2.05, 4.69) is 9.88 Å². The molecule has 2 heterocycles. The number of hydrogen-bond acceptors (Lipinski definition) is 5. The molecule has 1 unspecified atom stereocenters. The molecule has 1 aromatic heterocycles. The van der Waals surface area contributed by atoms with Gasteiger partial charge in [-0.3, -0.25) is 4.79 Å². The van der Waals surface area contributed by atoms with Crippen LogP contribution in [-0.4, -0.2) is 36.8 Å². The zero-order valence-electron chi connectivity index (χ0n) is 13.0. The van der Waals surface area contributed by atoms with E-state index < -0.39 is 0 Å². The van der Waals surface area contributed by atoms with Crippen molar-refractivity contribution in [1.29, 1.82) is 0 Å². The van der Waals surface area contributed by atoms with Gasteiger partial charge in [-0.2, -0.15) is 0 Å². The normalized spacial score (nSPS) is 18.7. The van der Waals surface area contributed by atoms with Gasteiger partial charge in [-0.1, -0.05) is 0 Å². The van der Waals surface area contributed by atoms with Crippen molar-refractivity contribution < 1.29 is 14.3 Å². The van der Waals surface area contributed by atoms with E-state index in [-0.39, 0.29) is 18.0 Å². The van der Waals surface area contributed by atoms with E-state index >= 15 is 0 Å². The third-order valence-corrected chi connectivity index (χ3v) is 3.45. The van der Waals surface area contributed by atoms with Gasteiger partial charge in [-0.25, -0.2) is 4.98 Å². The van der Waals surface area contributed by atoms with Crippen molar-refractivity contribution in [3.05, 3.63) is 18.3 Å².